The van der Waals surface area contributed by atoms with Crippen LogP contribution in [0.25, 0.3) is 0 Å². The Morgan fingerprint density at radius 1 is 1.56 bits per heavy atom. The first kappa shape index (κ1) is 14.3. The van der Waals surface area contributed by atoms with Crippen LogP contribution in [0.1, 0.15) is 26.7 Å². The molecule has 1 aliphatic rings. The topological polar surface area (TPSA) is 38.5 Å². The van der Waals surface area contributed by atoms with Gasteiger partial charge in [-0.1, -0.05) is 13.8 Å². The van der Waals surface area contributed by atoms with Gasteiger partial charge in [0.05, 0.1) is 6.61 Å². The van der Waals surface area contributed by atoms with Crippen LogP contribution in [0.5, 0.6) is 0 Å². The minimum Gasteiger partial charge on any atom is -0.383 e. The molecule has 1 saturated heterocycles. The number of ether oxygens (including phenoxy) is 1. The van der Waals surface area contributed by atoms with Crippen molar-refractivity contribution in [2.45, 2.75) is 37.5 Å². The molecule has 96 valence electrons. The van der Waals surface area contributed by atoms with Crippen LogP contribution in [0.4, 0.5) is 0 Å². The van der Waals surface area contributed by atoms with Crippen molar-refractivity contribution in [3.05, 3.63) is 0 Å². The first-order valence-electron chi connectivity index (χ1n) is 6.27. The summed E-state index contributed by atoms with van der Waals surface area (Å²) in [6.07, 6.45) is 2.52. The van der Waals surface area contributed by atoms with Gasteiger partial charge >= 0.3 is 0 Å². The number of rotatable bonds is 6. The predicted molar refractivity (Wildman–Crippen MR) is 72.1 cm³/mol. The maximum absolute atomic E-state index is 6.08. The summed E-state index contributed by atoms with van der Waals surface area (Å²) >= 11 is 2.06. The Morgan fingerprint density at radius 3 is 2.81 bits per heavy atom. The van der Waals surface area contributed by atoms with Crippen molar-refractivity contribution in [1.82, 2.24) is 4.90 Å². The summed E-state index contributed by atoms with van der Waals surface area (Å²) in [5, 5.41) is 0.628. The predicted octanol–water partition coefficient (Wildman–Crippen LogP) is 1.57. The zero-order valence-electron chi connectivity index (χ0n) is 10.9. The van der Waals surface area contributed by atoms with Crippen LogP contribution in [0.3, 0.4) is 0 Å². The molecule has 0 aromatic carbocycles. The third-order valence-corrected chi connectivity index (χ3v) is 5.27. The Labute approximate surface area is 104 Å². The Morgan fingerprint density at radius 2 is 2.31 bits per heavy atom. The third kappa shape index (κ3) is 2.92. The van der Waals surface area contributed by atoms with Crippen LogP contribution in [0.15, 0.2) is 0 Å². The van der Waals surface area contributed by atoms with E-state index < -0.39 is 0 Å². The minimum absolute atomic E-state index is 0.191. The van der Waals surface area contributed by atoms with E-state index in [0.717, 1.165) is 26.2 Å². The van der Waals surface area contributed by atoms with Gasteiger partial charge in [-0.15, -0.1) is 0 Å². The molecule has 1 rings (SSSR count). The molecule has 0 bridgehead atoms. The second-order valence-electron chi connectivity index (χ2n) is 4.50. The first-order chi connectivity index (χ1) is 7.71. The fraction of sp³-hybridized carbons (Fsp3) is 1.00. The molecular formula is C12H26N2OS. The largest absolute Gasteiger partial charge is 0.383 e. The van der Waals surface area contributed by atoms with Crippen LogP contribution >= 0.6 is 11.8 Å². The van der Waals surface area contributed by atoms with E-state index in [4.69, 9.17) is 10.5 Å². The van der Waals surface area contributed by atoms with E-state index >= 15 is 0 Å². The number of nitrogens with zero attached hydrogens (tertiary/aromatic N) is 1. The van der Waals surface area contributed by atoms with Gasteiger partial charge in [0.25, 0.3) is 0 Å². The maximum atomic E-state index is 6.08. The molecule has 1 aliphatic heterocycles. The number of hydrogen-bond donors (Lipinski definition) is 1. The molecule has 4 heteroatoms. The Bertz CT molecular complexity index is 203. The third-order valence-electron chi connectivity index (χ3n) is 3.81. The van der Waals surface area contributed by atoms with Crippen LogP contribution in [-0.2, 0) is 4.74 Å². The van der Waals surface area contributed by atoms with Crippen LogP contribution in [0, 0.1) is 0 Å². The lowest BCUT2D eigenvalue weighted by Gasteiger charge is -2.49. The minimum atomic E-state index is 0.191. The molecule has 0 aromatic rings. The molecule has 0 radical (unpaired) electrons. The molecule has 0 spiro atoms. The zero-order valence-corrected chi connectivity index (χ0v) is 11.7. The lowest BCUT2D eigenvalue weighted by Crippen LogP contribution is -2.61. The van der Waals surface area contributed by atoms with Gasteiger partial charge < -0.3 is 10.5 Å². The van der Waals surface area contributed by atoms with Gasteiger partial charge in [-0.05, 0) is 25.1 Å². The van der Waals surface area contributed by atoms with E-state index in [1.165, 1.54) is 18.6 Å². The van der Waals surface area contributed by atoms with Crippen LogP contribution in [0.2, 0.25) is 0 Å². The normalized spacial score (nSPS) is 30.9. The molecule has 3 nitrogen and oxygen atoms in total. The molecule has 0 saturated carbocycles. The molecule has 2 unspecified atom stereocenters. The lowest BCUT2D eigenvalue weighted by molar-refractivity contribution is 0.0561. The van der Waals surface area contributed by atoms with E-state index in [9.17, 15) is 0 Å². The Kier molecular flexibility index (Phi) is 6.11. The summed E-state index contributed by atoms with van der Waals surface area (Å²) in [7, 11) is 1.77. The quantitative estimate of drug-likeness (QED) is 0.772. The second kappa shape index (κ2) is 6.84. The smallest absolute Gasteiger partial charge is 0.0589 e. The standard InChI is InChI=1S/C12H26N2OS/c1-4-14(7-8-15-3)12(10-13)6-5-9-16-11(12)2/h11H,4-10,13H2,1-3H3. The summed E-state index contributed by atoms with van der Waals surface area (Å²) in [6.45, 7) is 8.16. The SMILES string of the molecule is CCN(CCOC)C1(CN)CCCSC1C. The highest BCUT2D eigenvalue weighted by atomic mass is 32.2. The number of thioether (sulfide) groups is 1. The second-order valence-corrected chi connectivity index (χ2v) is 5.95. The Balaban J connectivity index is 2.73. The van der Waals surface area contributed by atoms with E-state index in [2.05, 4.69) is 30.5 Å². The lowest BCUT2D eigenvalue weighted by atomic mass is 9.87. The van der Waals surface area contributed by atoms with Gasteiger partial charge in [-0.2, -0.15) is 11.8 Å². The Hall–Kier alpha value is 0.230. The van der Waals surface area contributed by atoms with Crippen molar-refractivity contribution in [2.24, 2.45) is 5.73 Å². The summed E-state index contributed by atoms with van der Waals surface area (Å²) in [5.41, 5.74) is 6.27. The van der Waals surface area contributed by atoms with Crippen molar-refractivity contribution in [3.8, 4) is 0 Å². The molecule has 2 N–H and O–H groups in total. The molecule has 1 fully saturated rings. The fourth-order valence-corrected chi connectivity index (χ4v) is 4.04. The maximum Gasteiger partial charge on any atom is 0.0589 e. The van der Waals surface area contributed by atoms with Crippen molar-refractivity contribution >= 4 is 11.8 Å². The number of methoxy groups -OCH3 is 1. The van der Waals surface area contributed by atoms with Crippen molar-refractivity contribution in [1.29, 1.82) is 0 Å². The van der Waals surface area contributed by atoms with Gasteiger partial charge in [0.15, 0.2) is 0 Å². The molecule has 0 aliphatic carbocycles. The average molecular weight is 246 g/mol. The summed E-state index contributed by atoms with van der Waals surface area (Å²) in [4.78, 5) is 2.52. The van der Waals surface area contributed by atoms with Gasteiger partial charge in [-0.25, -0.2) is 0 Å². The number of likely N-dealkylation sites (N-methyl/N-ethyl adjacent to an activating group) is 1. The molecule has 16 heavy (non-hydrogen) atoms. The van der Waals surface area contributed by atoms with E-state index in [0.29, 0.717) is 5.25 Å². The first-order valence-corrected chi connectivity index (χ1v) is 7.31. The van der Waals surface area contributed by atoms with E-state index in [1.807, 2.05) is 0 Å². The highest BCUT2D eigenvalue weighted by Crippen LogP contribution is 2.37. The molecule has 0 aromatic heterocycles. The van der Waals surface area contributed by atoms with E-state index in [1.54, 1.807) is 7.11 Å². The van der Waals surface area contributed by atoms with Crippen molar-refractivity contribution < 1.29 is 4.74 Å². The van der Waals surface area contributed by atoms with Gasteiger partial charge in [-0.3, -0.25) is 4.90 Å². The number of nitrogens with two attached hydrogens (primary N) is 1. The van der Waals surface area contributed by atoms with Gasteiger partial charge in [0.1, 0.15) is 0 Å². The molecule has 0 amide bonds. The van der Waals surface area contributed by atoms with E-state index in [-0.39, 0.29) is 5.54 Å². The highest BCUT2D eigenvalue weighted by Gasteiger charge is 2.41. The monoisotopic (exact) mass is 246 g/mol. The summed E-state index contributed by atoms with van der Waals surface area (Å²) in [6, 6.07) is 0. The zero-order chi connectivity index (χ0) is 12.0. The van der Waals surface area contributed by atoms with Crippen LogP contribution in [-0.4, -0.2) is 54.8 Å². The van der Waals surface area contributed by atoms with Crippen molar-refractivity contribution in [2.75, 3.05) is 39.1 Å². The van der Waals surface area contributed by atoms with Crippen LogP contribution < -0.4 is 5.73 Å². The number of hydrogen-bond acceptors (Lipinski definition) is 4. The van der Waals surface area contributed by atoms with Gasteiger partial charge in [0.2, 0.25) is 0 Å². The highest BCUT2D eigenvalue weighted by molar-refractivity contribution is 8.00. The summed E-state index contributed by atoms with van der Waals surface area (Å²) < 4.78 is 5.20. The molecule has 2 atom stereocenters. The van der Waals surface area contributed by atoms with Crippen molar-refractivity contribution in [3.63, 3.8) is 0 Å². The van der Waals surface area contributed by atoms with Gasteiger partial charge in [0, 0.05) is 31.0 Å². The molecular weight excluding hydrogens is 220 g/mol. The average Bonchev–Trinajstić information content (AvgIpc) is 2.32. The molecule has 1 heterocycles. The fourth-order valence-electron chi connectivity index (χ4n) is 2.71. The summed E-state index contributed by atoms with van der Waals surface area (Å²) in [5.74, 6) is 1.28.